The molecule has 0 radical (unpaired) electrons. The Kier molecular flexibility index (Phi) is 5.05. The van der Waals surface area contributed by atoms with Gasteiger partial charge >= 0.3 is 0 Å². The molecule has 0 spiro atoms. The number of aromatic nitrogens is 3. The molecule has 20 heavy (non-hydrogen) atoms. The fourth-order valence-electron chi connectivity index (χ4n) is 2.35. The number of rotatable bonds is 6. The Bertz CT molecular complexity index is 570. The first kappa shape index (κ1) is 15.3. The molecule has 1 atom stereocenters. The molecular formula is C15H23BrN4. The fraction of sp³-hybridized carbons (Fsp3) is 0.533. The molecule has 0 bridgehead atoms. The molecule has 0 aromatic carbocycles. The molecule has 2 heterocycles. The van der Waals surface area contributed by atoms with Gasteiger partial charge in [0.05, 0.1) is 22.4 Å². The summed E-state index contributed by atoms with van der Waals surface area (Å²) in [7, 11) is 0. The third-order valence-corrected chi connectivity index (χ3v) is 4.65. The molecule has 0 aliphatic rings. The Hall–Kier alpha value is -1.07. The summed E-state index contributed by atoms with van der Waals surface area (Å²) in [6.45, 7) is 7.99. The van der Waals surface area contributed by atoms with Gasteiger partial charge < -0.3 is 10.3 Å². The van der Waals surface area contributed by atoms with Crippen LogP contribution in [0.15, 0.2) is 22.9 Å². The number of nitrogens with two attached hydrogens (primary N) is 1. The van der Waals surface area contributed by atoms with Crippen molar-refractivity contribution in [2.45, 2.75) is 52.7 Å². The molecule has 5 heteroatoms. The molecule has 2 aromatic rings. The Morgan fingerprint density at radius 3 is 2.80 bits per heavy atom. The average Bonchev–Trinajstić information content (AvgIpc) is 2.98. The van der Waals surface area contributed by atoms with Gasteiger partial charge in [0.15, 0.2) is 0 Å². The van der Waals surface area contributed by atoms with Crippen molar-refractivity contribution in [3.8, 4) is 0 Å². The second-order valence-electron chi connectivity index (χ2n) is 5.23. The minimum atomic E-state index is 0.251. The predicted octanol–water partition coefficient (Wildman–Crippen LogP) is 3.10. The summed E-state index contributed by atoms with van der Waals surface area (Å²) in [4.78, 5) is 0. The minimum Gasteiger partial charge on any atom is -0.348 e. The van der Waals surface area contributed by atoms with Crippen LogP contribution in [0.1, 0.15) is 37.2 Å². The SMILES string of the molecule is CCC(N)Cc1ccn(Cc2c(Br)c(C)nn2CC)c1. The van der Waals surface area contributed by atoms with E-state index in [1.807, 2.05) is 6.92 Å². The van der Waals surface area contributed by atoms with Gasteiger partial charge in [-0.05, 0) is 54.2 Å². The maximum absolute atomic E-state index is 6.01. The largest absolute Gasteiger partial charge is 0.348 e. The highest BCUT2D eigenvalue weighted by Gasteiger charge is 2.12. The van der Waals surface area contributed by atoms with Crippen molar-refractivity contribution in [2.24, 2.45) is 5.73 Å². The lowest BCUT2D eigenvalue weighted by molar-refractivity contribution is 0.596. The molecule has 1 unspecified atom stereocenters. The van der Waals surface area contributed by atoms with Crippen molar-refractivity contribution >= 4 is 15.9 Å². The molecular weight excluding hydrogens is 316 g/mol. The van der Waals surface area contributed by atoms with Crippen molar-refractivity contribution in [1.29, 1.82) is 0 Å². The molecule has 0 amide bonds. The molecule has 2 aromatic heterocycles. The van der Waals surface area contributed by atoms with E-state index in [0.717, 1.165) is 36.1 Å². The van der Waals surface area contributed by atoms with E-state index in [-0.39, 0.29) is 6.04 Å². The van der Waals surface area contributed by atoms with Crippen molar-refractivity contribution < 1.29 is 0 Å². The summed E-state index contributed by atoms with van der Waals surface area (Å²) in [5.41, 5.74) is 9.57. The highest BCUT2D eigenvalue weighted by atomic mass is 79.9. The zero-order chi connectivity index (χ0) is 14.7. The minimum absolute atomic E-state index is 0.251. The van der Waals surface area contributed by atoms with Crippen LogP contribution in [0.25, 0.3) is 0 Å². The number of hydrogen-bond donors (Lipinski definition) is 1. The molecule has 4 nitrogen and oxygen atoms in total. The van der Waals surface area contributed by atoms with E-state index in [0.29, 0.717) is 0 Å². The van der Waals surface area contributed by atoms with Crippen LogP contribution in [-0.2, 0) is 19.5 Å². The van der Waals surface area contributed by atoms with E-state index >= 15 is 0 Å². The van der Waals surface area contributed by atoms with E-state index in [2.05, 4.69) is 62.6 Å². The monoisotopic (exact) mass is 338 g/mol. The molecule has 0 saturated heterocycles. The van der Waals surface area contributed by atoms with Crippen LogP contribution in [0, 0.1) is 6.92 Å². The van der Waals surface area contributed by atoms with E-state index < -0.39 is 0 Å². The maximum atomic E-state index is 6.01. The molecule has 2 N–H and O–H groups in total. The van der Waals surface area contributed by atoms with Crippen LogP contribution in [0.4, 0.5) is 0 Å². The lowest BCUT2D eigenvalue weighted by Crippen LogP contribution is -2.21. The summed E-state index contributed by atoms with van der Waals surface area (Å²) in [6, 6.07) is 2.41. The van der Waals surface area contributed by atoms with Crippen LogP contribution in [0.3, 0.4) is 0 Å². The Morgan fingerprint density at radius 1 is 1.40 bits per heavy atom. The number of nitrogens with zero attached hydrogens (tertiary/aromatic N) is 3. The van der Waals surface area contributed by atoms with E-state index in [9.17, 15) is 0 Å². The molecule has 0 aliphatic carbocycles. The van der Waals surface area contributed by atoms with Crippen LogP contribution >= 0.6 is 15.9 Å². The van der Waals surface area contributed by atoms with Crippen LogP contribution in [0.5, 0.6) is 0 Å². The highest BCUT2D eigenvalue weighted by molar-refractivity contribution is 9.10. The van der Waals surface area contributed by atoms with Crippen molar-refractivity contribution in [2.75, 3.05) is 0 Å². The molecule has 0 fully saturated rings. The van der Waals surface area contributed by atoms with Crippen molar-refractivity contribution in [1.82, 2.24) is 14.3 Å². The van der Waals surface area contributed by atoms with Gasteiger partial charge in [0.2, 0.25) is 0 Å². The van der Waals surface area contributed by atoms with Crippen molar-refractivity contribution in [3.05, 3.63) is 39.9 Å². The van der Waals surface area contributed by atoms with Gasteiger partial charge in [0.1, 0.15) is 0 Å². The number of hydrogen-bond acceptors (Lipinski definition) is 2. The molecule has 0 saturated carbocycles. The summed E-state index contributed by atoms with van der Waals surface area (Å²) in [5.74, 6) is 0. The van der Waals surface area contributed by atoms with Crippen LogP contribution in [0.2, 0.25) is 0 Å². The molecule has 110 valence electrons. The first-order chi connectivity index (χ1) is 9.55. The normalized spacial score (nSPS) is 12.8. The Labute approximate surface area is 129 Å². The topological polar surface area (TPSA) is 48.8 Å². The fourth-order valence-corrected chi connectivity index (χ4v) is 2.76. The van der Waals surface area contributed by atoms with Gasteiger partial charge in [0.25, 0.3) is 0 Å². The van der Waals surface area contributed by atoms with Gasteiger partial charge in [0, 0.05) is 25.0 Å². The summed E-state index contributed by atoms with van der Waals surface area (Å²) in [6.07, 6.45) is 6.26. The van der Waals surface area contributed by atoms with Crippen LogP contribution in [-0.4, -0.2) is 20.4 Å². The third-order valence-electron chi connectivity index (χ3n) is 3.62. The van der Waals surface area contributed by atoms with Gasteiger partial charge in [-0.15, -0.1) is 0 Å². The Balaban J connectivity index is 2.14. The second-order valence-corrected chi connectivity index (χ2v) is 6.02. The van der Waals surface area contributed by atoms with E-state index in [1.165, 1.54) is 11.3 Å². The van der Waals surface area contributed by atoms with Gasteiger partial charge in [-0.2, -0.15) is 5.10 Å². The quantitative estimate of drug-likeness (QED) is 0.879. The lowest BCUT2D eigenvalue weighted by Gasteiger charge is -2.08. The zero-order valence-electron chi connectivity index (χ0n) is 12.4. The molecule has 2 rings (SSSR count). The summed E-state index contributed by atoms with van der Waals surface area (Å²) in [5, 5.41) is 4.53. The van der Waals surface area contributed by atoms with Crippen LogP contribution < -0.4 is 5.73 Å². The summed E-state index contributed by atoms with van der Waals surface area (Å²) < 4.78 is 5.36. The first-order valence-electron chi connectivity index (χ1n) is 7.17. The highest BCUT2D eigenvalue weighted by Crippen LogP contribution is 2.22. The number of aryl methyl sites for hydroxylation is 2. The van der Waals surface area contributed by atoms with Crippen molar-refractivity contribution in [3.63, 3.8) is 0 Å². The smallest absolute Gasteiger partial charge is 0.0739 e. The van der Waals surface area contributed by atoms with Gasteiger partial charge in [-0.3, -0.25) is 4.68 Å². The zero-order valence-corrected chi connectivity index (χ0v) is 14.0. The third kappa shape index (κ3) is 3.33. The van der Waals surface area contributed by atoms with Gasteiger partial charge in [-0.1, -0.05) is 6.92 Å². The van der Waals surface area contributed by atoms with Gasteiger partial charge in [-0.25, -0.2) is 0 Å². The average molecular weight is 339 g/mol. The Morgan fingerprint density at radius 2 is 2.15 bits per heavy atom. The van der Waals surface area contributed by atoms with E-state index in [1.54, 1.807) is 0 Å². The molecule has 0 aliphatic heterocycles. The number of halogens is 1. The standard InChI is InChI=1S/C15H23BrN4/c1-4-13(17)8-12-6-7-19(9-12)10-14-15(16)11(3)18-20(14)5-2/h6-7,9,13H,4-5,8,10,17H2,1-3H3. The predicted molar refractivity (Wildman–Crippen MR) is 85.8 cm³/mol. The van der Waals surface area contributed by atoms with E-state index in [4.69, 9.17) is 5.73 Å². The summed E-state index contributed by atoms with van der Waals surface area (Å²) >= 11 is 3.64. The second kappa shape index (κ2) is 6.59. The lowest BCUT2D eigenvalue weighted by atomic mass is 10.1. The maximum Gasteiger partial charge on any atom is 0.0739 e. The first-order valence-corrected chi connectivity index (χ1v) is 7.96.